The van der Waals surface area contributed by atoms with E-state index >= 15 is 0 Å². The molecule has 0 heterocycles. The van der Waals surface area contributed by atoms with Crippen molar-refractivity contribution in [2.24, 2.45) is 0 Å². The van der Waals surface area contributed by atoms with Gasteiger partial charge < -0.3 is 15.5 Å². The summed E-state index contributed by atoms with van der Waals surface area (Å²) in [6, 6.07) is 20.8. The average Bonchev–Trinajstić information content (AvgIpc) is 3.49. The second-order valence-electron chi connectivity index (χ2n) is 8.32. The Morgan fingerprint density at radius 2 is 1.79 bits per heavy atom. The first-order chi connectivity index (χ1) is 14.0. The van der Waals surface area contributed by atoms with E-state index in [1.807, 2.05) is 25.1 Å². The van der Waals surface area contributed by atoms with Crippen LogP contribution in [-0.2, 0) is 5.54 Å². The first kappa shape index (κ1) is 19.5. The first-order valence-electron chi connectivity index (χ1n) is 10.3. The van der Waals surface area contributed by atoms with Crippen LogP contribution in [0.5, 0.6) is 0 Å². The number of carbonyl (C=O) groups excluding carboxylic acids is 1. The van der Waals surface area contributed by atoms with Crippen molar-refractivity contribution in [3.63, 3.8) is 0 Å². The highest BCUT2D eigenvalue weighted by Crippen LogP contribution is 2.48. The number of benzene rings is 3. The maximum atomic E-state index is 13.2. The molecule has 2 N–H and O–H groups in total. The number of carbonyl (C=O) groups is 1. The van der Waals surface area contributed by atoms with Gasteiger partial charge in [-0.25, -0.2) is 0 Å². The number of anilines is 1. The van der Waals surface area contributed by atoms with Gasteiger partial charge in [-0.3, -0.25) is 4.79 Å². The molecular weight excluding hydrogens is 358 g/mol. The van der Waals surface area contributed by atoms with Crippen LogP contribution in [0.4, 0.5) is 5.69 Å². The molecule has 0 unspecified atom stereocenters. The third kappa shape index (κ3) is 4.13. The number of amides is 1. The normalized spacial score (nSPS) is 14.8. The summed E-state index contributed by atoms with van der Waals surface area (Å²) in [6.45, 7) is 3.78. The Labute approximate surface area is 172 Å². The summed E-state index contributed by atoms with van der Waals surface area (Å²) in [5.41, 5.74) is 3.69. The van der Waals surface area contributed by atoms with Crippen LogP contribution in [0, 0.1) is 6.92 Å². The summed E-state index contributed by atoms with van der Waals surface area (Å²) in [7, 11) is 4.11. The zero-order chi connectivity index (χ0) is 20.4. The monoisotopic (exact) mass is 387 g/mol. The molecule has 29 heavy (non-hydrogen) atoms. The van der Waals surface area contributed by atoms with Gasteiger partial charge in [0.15, 0.2) is 0 Å². The molecule has 3 aromatic carbocycles. The molecule has 0 radical (unpaired) electrons. The van der Waals surface area contributed by atoms with Crippen molar-refractivity contribution in [3.8, 4) is 0 Å². The zero-order valence-electron chi connectivity index (χ0n) is 17.5. The Balaban J connectivity index is 1.56. The van der Waals surface area contributed by atoms with Crippen molar-refractivity contribution in [2.45, 2.75) is 25.3 Å². The van der Waals surface area contributed by atoms with Gasteiger partial charge in [0, 0.05) is 24.3 Å². The fourth-order valence-corrected chi connectivity index (χ4v) is 3.91. The third-order valence-corrected chi connectivity index (χ3v) is 5.78. The van der Waals surface area contributed by atoms with E-state index in [2.05, 4.69) is 72.1 Å². The lowest BCUT2D eigenvalue weighted by atomic mass is 9.96. The minimum absolute atomic E-state index is 0.00388. The molecule has 0 aromatic heterocycles. The molecular formula is C25H29N3O. The molecule has 4 heteroatoms. The van der Waals surface area contributed by atoms with Gasteiger partial charge in [-0.2, -0.15) is 0 Å². The maximum absolute atomic E-state index is 13.2. The predicted octanol–water partition coefficient (Wildman–Crippen LogP) is 4.54. The number of hydrogen-bond acceptors (Lipinski definition) is 3. The van der Waals surface area contributed by atoms with Crippen LogP contribution in [0.15, 0.2) is 60.7 Å². The van der Waals surface area contributed by atoms with E-state index < -0.39 is 0 Å². The summed E-state index contributed by atoms with van der Waals surface area (Å²) >= 11 is 0. The molecule has 0 aliphatic heterocycles. The van der Waals surface area contributed by atoms with Gasteiger partial charge in [0.1, 0.15) is 0 Å². The largest absolute Gasteiger partial charge is 0.384 e. The number of nitrogens with one attached hydrogen (secondary N) is 2. The van der Waals surface area contributed by atoms with Crippen molar-refractivity contribution in [1.29, 1.82) is 0 Å². The lowest BCUT2D eigenvalue weighted by Crippen LogP contribution is -2.35. The molecule has 3 aromatic rings. The van der Waals surface area contributed by atoms with Gasteiger partial charge in [-0.05, 0) is 67.9 Å². The molecule has 150 valence electrons. The molecule has 0 spiro atoms. The topological polar surface area (TPSA) is 44.4 Å². The molecule has 1 aliphatic rings. The third-order valence-electron chi connectivity index (χ3n) is 5.78. The predicted molar refractivity (Wildman–Crippen MR) is 121 cm³/mol. The smallest absolute Gasteiger partial charge is 0.252 e. The second kappa shape index (κ2) is 7.88. The fraction of sp³-hybridized carbons (Fsp3) is 0.320. The Morgan fingerprint density at radius 1 is 1.03 bits per heavy atom. The lowest BCUT2D eigenvalue weighted by molar-refractivity contribution is 0.0930. The van der Waals surface area contributed by atoms with Gasteiger partial charge in [0.25, 0.3) is 5.91 Å². The highest BCUT2D eigenvalue weighted by molar-refractivity contribution is 5.98. The number of likely N-dealkylation sites (N-methyl/N-ethyl adjacent to an activating group) is 1. The molecule has 1 saturated carbocycles. The molecule has 0 atom stereocenters. The van der Waals surface area contributed by atoms with Gasteiger partial charge in [-0.1, -0.05) is 48.5 Å². The van der Waals surface area contributed by atoms with Crippen LogP contribution in [0.2, 0.25) is 0 Å². The Kier molecular flexibility index (Phi) is 5.29. The fourth-order valence-electron chi connectivity index (χ4n) is 3.91. The molecule has 0 bridgehead atoms. The van der Waals surface area contributed by atoms with Crippen molar-refractivity contribution in [1.82, 2.24) is 10.2 Å². The molecule has 4 nitrogen and oxygen atoms in total. The summed E-state index contributed by atoms with van der Waals surface area (Å²) in [5, 5.41) is 9.21. The van der Waals surface area contributed by atoms with Gasteiger partial charge >= 0.3 is 0 Å². The van der Waals surface area contributed by atoms with Crippen molar-refractivity contribution in [2.75, 3.05) is 32.5 Å². The number of hydrogen-bond donors (Lipinski definition) is 2. The first-order valence-corrected chi connectivity index (χ1v) is 10.3. The van der Waals surface area contributed by atoms with E-state index in [0.717, 1.165) is 42.7 Å². The molecule has 4 rings (SSSR count). The summed E-state index contributed by atoms with van der Waals surface area (Å²) in [4.78, 5) is 15.4. The maximum Gasteiger partial charge on any atom is 0.252 e. The average molecular weight is 388 g/mol. The van der Waals surface area contributed by atoms with Gasteiger partial charge in [-0.15, -0.1) is 0 Å². The van der Waals surface area contributed by atoms with Crippen LogP contribution < -0.4 is 10.6 Å². The van der Waals surface area contributed by atoms with E-state index in [4.69, 9.17) is 0 Å². The minimum Gasteiger partial charge on any atom is -0.384 e. The Hall–Kier alpha value is -2.85. The van der Waals surface area contributed by atoms with Crippen LogP contribution >= 0.6 is 0 Å². The number of fused-ring (bicyclic) bond motifs is 1. The van der Waals surface area contributed by atoms with Crippen LogP contribution in [0.1, 0.15) is 34.3 Å². The van der Waals surface area contributed by atoms with Gasteiger partial charge in [0.05, 0.1) is 5.54 Å². The molecule has 1 fully saturated rings. The Morgan fingerprint density at radius 3 is 2.55 bits per heavy atom. The highest BCUT2D eigenvalue weighted by atomic mass is 16.1. The van der Waals surface area contributed by atoms with E-state index in [1.165, 1.54) is 16.3 Å². The van der Waals surface area contributed by atoms with E-state index in [9.17, 15) is 4.79 Å². The van der Waals surface area contributed by atoms with E-state index in [-0.39, 0.29) is 11.4 Å². The molecule has 1 amide bonds. The number of rotatable bonds is 7. The van der Waals surface area contributed by atoms with Crippen molar-refractivity contribution < 1.29 is 4.79 Å². The van der Waals surface area contributed by atoms with Crippen LogP contribution in [0.25, 0.3) is 10.8 Å². The molecule has 0 saturated heterocycles. The highest BCUT2D eigenvalue weighted by Gasteiger charge is 2.46. The standard InChI is InChI=1S/C25H29N3O/c1-18-11-12-20(26-15-16-28(2)3)17-22(18)24(29)27-25(13-14-25)23-10-6-8-19-7-4-5-9-21(19)23/h4-12,17,26H,13-16H2,1-3H3,(H,27,29). The SMILES string of the molecule is Cc1ccc(NCCN(C)C)cc1C(=O)NC1(c2cccc3ccccc23)CC1. The number of nitrogens with zero attached hydrogens (tertiary/aromatic N) is 1. The van der Waals surface area contributed by atoms with E-state index in [1.54, 1.807) is 0 Å². The summed E-state index contributed by atoms with van der Waals surface area (Å²) < 4.78 is 0. The quantitative estimate of drug-likeness (QED) is 0.625. The summed E-state index contributed by atoms with van der Waals surface area (Å²) in [5.74, 6) is 0.00388. The van der Waals surface area contributed by atoms with E-state index in [0.29, 0.717) is 0 Å². The van der Waals surface area contributed by atoms with Crippen LogP contribution in [0.3, 0.4) is 0 Å². The lowest BCUT2D eigenvalue weighted by Gasteiger charge is -2.21. The second-order valence-corrected chi connectivity index (χ2v) is 8.32. The molecule has 1 aliphatic carbocycles. The zero-order valence-corrected chi connectivity index (χ0v) is 17.5. The van der Waals surface area contributed by atoms with Gasteiger partial charge in [0.2, 0.25) is 0 Å². The number of aryl methyl sites for hydroxylation is 1. The van der Waals surface area contributed by atoms with Crippen LogP contribution in [-0.4, -0.2) is 38.0 Å². The minimum atomic E-state index is -0.251. The van der Waals surface area contributed by atoms with Crippen molar-refractivity contribution in [3.05, 3.63) is 77.4 Å². The Bertz CT molecular complexity index is 1030. The summed E-state index contributed by atoms with van der Waals surface area (Å²) in [6.07, 6.45) is 1.96. The van der Waals surface area contributed by atoms with Crippen molar-refractivity contribution >= 4 is 22.4 Å².